The van der Waals surface area contributed by atoms with Crippen LogP contribution >= 0.6 is 11.3 Å². The van der Waals surface area contributed by atoms with E-state index in [9.17, 15) is 15.0 Å². The molecular formula is C25H26N2O4S. The Bertz CT molecular complexity index is 1190. The van der Waals surface area contributed by atoms with Gasteiger partial charge in [0.1, 0.15) is 18.5 Å². The summed E-state index contributed by atoms with van der Waals surface area (Å²) in [5, 5.41) is 25.9. The van der Waals surface area contributed by atoms with Gasteiger partial charge in [-0.05, 0) is 48.7 Å². The van der Waals surface area contributed by atoms with Crippen LogP contribution in [0.25, 0.3) is 21.3 Å². The molecule has 2 heterocycles. The molecule has 2 unspecified atom stereocenters. The Hall–Kier alpha value is -3.13. The number of aliphatic hydroxyl groups excluding tert-OH is 1. The Morgan fingerprint density at radius 2 is 1.97 bits per heavy atom. The van der Waals surface area contributed by atoms with Crippen molar-refractivity contribution in [2.45, 2.75) is 25.6 Å². The SMILES string of the molecule is CC(Cn1ccc2c(C(=O)O)cccc21)NCC(O)COc1ccccc1-c1cccs1. The molecule has 7 heteroatoms. The van der Waals surface area contributed by atoms with Crippen LogP contribution in [-0.2, 0) is 6.54 Å². The Morgan fingerprint density at radius 1 is 1.12 bits per heavy atom. The first kappa shape index (κ1) is 22.1. The molecule has 4 aromatic rings. The smallest absolute Gasteiger partial charge is 0.336 e. The molecule has 3 N–H and O–H groups in total. The van der Waals surface area contributed by atoms with E-state index in [1.165, 1.54) is 0 Å². The summed E-state index contributed by atoms with van der Waals surface area (Å²) in [7, 11) is 0. The second-order valence-corrected chi connectivity index (χ2v) is 8.71. The summed E-state index contributed by atoms with van der Waals surface area (Å²) in [5.41, 5.74) is 2.21. The topological polar surface area (TPSA) is 83.7 Å². The predicted octanol–water partition coefficient (Wildman–Crippen LogP) is 4.49. The number of fused-ring (bicyclic) bond motifs is 1. The van der Waals surface area contributed by atoms with E-state index in [-0.39, 0.29) is 12.6 Å². The highest BCUT2D eigenvalue weighted by Crippen LogP contribution is 2.33. The molecule has 32 heavy (non-hydrogen) atoms. The van der Waals surface area contributed by atoms with Crippen molar-refractivity contribution in [3.8, 4) is 16.2 Å². The minimum Gasteiger partial charge on any atom is -0.490 e. The molecule has 2 aromatic heterocycles. The molecule has 2 aromatic carbocycles. The number of benzene rings is 2. The highest BCUT2D eigenvalue weighted by molar-refractivity contribution is 7.13. The van der Waals surface area contributed by atoms with Crippen LogP contribution in [-0.4, -0.2) is 46.0 Å². The molecule has 0 saturated carbocycles. The molecule has 0 bridgehead atoms. The molecule has 0 aliphatic heterocycles. The van der Waals surface area contributed by atoms with Crippen molar-refractivity contribution in [3.05, 3.63) is 77.8 Å². The molecule has 0 amide bonds. The number of aliphatic hydroxyl groups is 1. The number of rotatable bonds is 10. The van der Waals surface area contributed by atoms with Gasteiger partial charge in [0, 0.05) is 46.7 Å². The van der Waals surface area contributed by atoms with Crippen LogP contribution in [0, 0.1) is 0 Å². The zero-order chi connectivity index (χ0) is 22.5. The van der Waals surface area contributed by atoms with E-state index in [4.69, 9.17) is 4.74 Å². The van der Waals surface area contributed by atoms with Crippen molar-refractivity contribution in [3.63, 3.8) is 0 Å². The Morgan fingerprint density at radius 3 is 2.75 bits per heavy atom. The zero-order valence-electron chi connectivity index (χ0n) is 17.8. The first-order chi connectivity index (χ1) is 15.5. The zero-order valence-corrected chi connectivity index (χ0v) is 18.6. The number of carboxylic acid groups (broad SMARTS) is 1. The van der Waals surface area contributed by atoms with E-state index in [1.54, 1.807) is 23.5 Å². The van der Waals surface area contributed by atoms with Crippen LogP contribution in [0.15, 0.2) is 72.2 Å². The molecule has 0 fully saturated rings. The lowest BCUT2D eigenvalue weighted by Crippen LogP contribution is -2.38. The van der Waals surface area contributed by atoms with E-state index in [1.807, 2.05) is 65.5 Å². The fraction of sp³-hybridized carbons (Fsp3) is 0.240. The number of para-hydroxylation sites is 1. The van der Waals surface area contributed by atoms with Crippen LogP contribution in [0.1, 0.15) is 17.3 Å². The third kappa shape index (κ3) is 5.02. The maximum absolute atomic E-state index is 11.4. The average Bonchev–Trinajstić information content (AvgIpc) is 3.47. The maximum Gasteiger partial charge on any atom is 0.336 e. The van der Waals surface area contributed by atoms with Crippen LogP contribution in [0.3, 0.4) is 0 Å². The Balaban J connectivity index is 1.31. The molecule has 0 saturated heterocycles. The van der Waals surface area contributed by atoms with Gasteiger partial charge >= 0.3 is 5.97 Å². The van der Waals surface area contributed by atoms with Crippen molar-refractivity contribution in [2.75, 3.05) is 13.2 Å². The molecule has 166 valence electrons. The maximum atomic E-state index is 11.4. The van der Waals surface area contributed by atoms with Gasteiger partial charge < -0.3 is 24.8 Å². The third-order valence-corrected chi connectivity index (χ3v) is 6.22. The van der Waals surface area contributed by atoms with Crippen molar-refractivity contribution in [2.24, 2.45) is 0 Å². The first-order valence-corrected chi connectivity index (χ1v) is 11.4. The fourth-order valence-electron chi connectivity index (χ4n) is 3.74. The minimum atomic E-state index is -0.928. The number of nitrogens with one attached hydrogen (secondary N) is 1. The summed E-state index contributed by atoms with van der Waals surface area (Å²) in [6.07, 6.45) is 1.24. The van der Waals surface area contributed by atoms with Gasteiger partial charge in [-0.3, -0.25) is 0 Å². The van der Waals surface area contributed by atoms with Crippen molar-refractivity contribution >= 4 is 28.2 Å². The molecule has 0 aliphatic rings. The van der Waals surface area contributed by atoms with Crippen LogP contribution in [0.2, 0.25) is 0 Å². The predicted molar refractivity (Wildman–Crippen MR) is 128 cm³/mol. The standard InChI is InChI=1S/C25H26N2O4S/c1-17(15-27-12-11-19-20(25(29)30)7-4-8-22(19)27)26-14-18(28)16-31-23-9-3-2-6-21(23)24-10-5-13-32-24/h2-13,17-18,26,28H,14-16H2,1H3,(H,29,30). The molecule has 4 rings (SSSR count). The second kappa shape index (κ2) is 9.99. The van der Waals surface area contributed by atoms with Crippen molar-refractivity contribution < 1.29 is 19.7 Å². The van der Waals surface area contributed by atoms with Gasteiger partial charge in [0.15, 0.2) is 0 Å². The number of ether oxygens (including phenoxy) is 1. The molecule has 0 spiro atoms. The number of hydrogen-bond donors (Lipinski definition) is 3. The lowest BCUT2D eigenvalue weighted by atomic mass is 10.1. The number of carboxylic acids is 1. The summed E-state index contributed by atoms with van der Waals surface area (Å²) < 4.78 is 7.94. The average molecular weight is 451 g/mol. The molecule has 2 atom stereocenters. The van der Waals surface area contributed by atoms with E-state index in [0.29, 0.717) is 18.7 Å². The fourth-order valence-corrected chi connectivity index (χ4v) is 4.50. The summed E-state index contributed by atoms with van der Waals surface area (Å²) in [6.45, 7) is 3.27. The van der Waals surface area contributed by atoms with Gasteiger partial charge in [-0.2, -0.15) is 0 Å². The Labute approximate surface area is 190 Å². The van der Waals surface area contributed by atoms with E-state index < -0.39 is 12.1 Å². The van der Waals surface area contributed by atoms with Gasteiger partial charge in [0.25, 0.3) is 0 Å². The van der Waals surface area contributed by atoms with Crippen molar-refractivity contribution in [1.29, 1.82) is 0 Å². The Kier molecular flexibility index (Phi) is 6.90. The number of aromatic carboxylic acids is 1. The molecule has 0 aliphatic carbocycles. The highest BCUT2D eigenvalue weighted by atomic mass is 32.1. The summed E-state index contributed by atoms with van der Waals surface area (Å²) in [4.78, 5) is 12.5. The first-order valence-electron chi connectivity index (χ1n) is 10.5. The molecule has 6 nitrogen and oxygen atoms in total. The van der Waals surface area contributed by atoms with Gasteiger partial charge in [0.05, 0.1) is 5.56 Å². The van der Waals surface area contributed by atoms with Gasteiger partial charge in [-0.15, -0.1) is 11.3 Å². The largest absolute Gasteiger partial charge is 0.490 e. The number of nitrogens with zero attached hydrogens (tertiary/aromatic N) is 1. The van der Waals surface area contributed by atoms with E-state index >= 15 is 0 Å². The summed E-state index contributed by atoms with van der Waals surface area (Å²) in [5.74, 6) is -0.168. The minimum absolute atomic E-state index is 0.0761. The van der Waals surface area contributed by atoms with Gasteiger partial charge in [-0.1, -0.05) is 24.3 Å². The van der Waals surface area contributed by atoms with Gasteiger partial charge in [-0.25, -0.2) is 4.79 Å². The highest BCUT2D eigenvalue weighted by Gasteiger charge is 2.14. The molecule has 0 radical (unpaired) electrons. The van der Waals surface area contributed by atoms with Crippen molar-refractivity contribution in [1.82, 2.24) is 9.88 Å². The normalized spacial score (nSPS) is 13.2. The molecular weight excluding hydrogens is 424 g/mol. The number of aromatic nitrogens is 1. The lowest BCUT2D eigenvalue weighted by molar-refractivity contribution is 0.0699. The lowest BCUT2D eigenvalue weighted by Gasteiger charge is -2.19. The monoisotopic (exact) mass is 450 g/mol. The number of hydrogen-bond acceptors (Lipinski definition) is 5. The third-order valence-electron chi connectivity index (χ3n) is 5.32. The second-order valence-electron chi connectivity index (χ2n) is 7.76. The van der Waals surface area contributed by atoms with E-state index in [0.717, 1.165) is 27.1 Å². The van der Waals surface area contributed by atoms with Crippen LogP contribution in [0.4, 0.5) is 0 Å². The number of carbonyl (C=O) groups is 1. The summed E-state index contributed by atoms with van der Waals surface area (Å²) >= 11 is 1.65. The number of thiophene rings is 1. The summed E-state index contributed by atoms with van der Waals surface area (Å²) in [6, 6.07) is 19.1. The quantitative estimate of drug-likeness (QED) is 0.332. The van der Waals surface area contributed by atoms with Crippen LogP contribution < -0.4 is 10.1 Å². The van der Waals surface area contributed by atoms with E-state index in [2.05, 4.69) is 11.4 Å². The van der Waals surface area contributed by atoms with Gasteiger partial charge in [0.2, 0.25) is 0 Å². The van der Waals surface area contributed by atoms with Crippen LogP contribution in [0.5, 0.6) is 5.75 Å².